The average molecular weight is 543 g/mol. The number of hydrogen-bond donors (Lipinski definition) is 0. The fraction of sp³-hybridized carbons (Fsp3) is 0.129. The number of carbonyl (C=O) groups excluding carboxylic acids is 3. The predicted molar refractivity (Wildman–Crippen MR) is 151 cm³/mol. The van der Waals surface area contributed by atoms with Gasteiger partial charge in [0, 0.05) is 21.9 Å². The van der Waals surface area contributed by atoms with E-state index in [9.17, 15) is 14.4 Å². The SMILES string of the molecule is C=CC(=O)OCCOC(=O)c1ccc2cc(-c3ccc(-c4ccc(OCCOC(=O)C=C)cc4)s3)ccc2c1. The highest BCUT2D eigenvalue weighted by Crippen LogP contribution is 2.36. The highest BCUT2D eigenvalue weighted by molar-refractivity contribution is 7.18. The van der Waals surface area contributed by atoms with Crippen LogP contribution in [0.2, 0.25) is 0 Å². The summed E-state index contributed by atoms with van der Waals surface area (Å²) >= 11 is 1.68. The molecule has 0 fully saturated rings. The van der Waals surface area contributed by atoms with Gasteiger partial charge in [0.15, 0.2) is 0 Å². The third kappa shape index (κ3) is 7.43. The summed E-state index contributed by atoms with van der Waals surface area (Å²) in [7, 11) is 0. The lowest BCUT2D eigenvalue weighted by Crippen LogP contribution is -2.12. The summed E-state index contributed by atoms with van der Waals surface area (Å²) in [4.78, 5) is 36.7. The Balaban J connectivity index is 1.37. The van der Waals surface area contributed by atoms with Crippen LogP contribution in [-0.2, 0) is 23.8 Å². The van der Waals surface area contributed by atoms with E-state index in [1.165, 1.54) is 0 Å². The molecule has 0 amide bonds. The topological polar surface area (TPSA) is 88.1 Å². The number of rotatable bonds is 12. The van der Waals surface area contributed by atoms with Gasteiger partial charge in [-0.05, 0) is 76.5 Å². The molecule has 4 aromatic rings. The number of thiophene rings is 1. The van der Waals surface area contributed by atoms with Crippen molar-refractivity contribution in [3.05, 3.63) is 104 Å². The van der Waals surface area contributed by atoms with E-state index >= 15 is 0 Å². The van der Waals surface area contributed by atoms with E-state index in [0.29, 0.717) is 11.3 Å². The molecule has 0 saturated heterocycles. The standard InChI is InChI=1S/C31H26O7S/c1-3-29(32)36-16-15-35-26-11-9-21(10-12-26)27-13-14-28(39-27)24-7-5-23-20-25(8-6-22(23)19-24)31(34)38-18-17-37-30(33)4-2/h3-14,19-20H,1-2,15-18H2. The number of ether oxygens (including phenoxy) is 4. The van der Waals surface area contributed by atoms with Crippen LogP contribution < -0.4 is 4.74 Å². The predicted octanol–water partition coefficient (Wildman–Crippen LogP) is 6.23. The number of fused-ring (bicyclic) bond motifs is 1. The zero-order chi connectivity index (χ0) is 27.6. The van der Waals surface area contributed by atoms with Gasteiger partial charge in [0.25, 0.3) is 0 Å². The molecule has 0 unspecified atom stereocenters. The minimum Gasteiger partial charge on any atom is -0.490 e. The number of hydrogen-bond acceptors (Lipinski definition) is 8. The normalized spacial score (nSPS) is 10.5. The Morgan fingerprint density at radius 2 is 1.21 bits per heavy atom. The molecular formula is C31H26O7S. The Hall–Kier alpha value is -4.69. The molecular weight excluding hydrogens is 516 g/mol. The second kappa shape index (κ2) is 13.2. The summed E-state index contributed by atoms with van der Waals surface area (Å²) in [5, 5.41) is 1.91. The fourth-order valence-electron chi connectivity index (χ4n) is 3.67. The van der Waals surface area contributed by atoms with Gasteiger partial charge in [-0.25, -0.2) is 14.4 Å². The van der Waals surface area contributed by atoms with Crippen molar-refractivity contribution in [2.24, 2.45) is 0 Å². The summed E-state index contributed by atoms with van der Waals surface area (Å²) in [5.41, 5.74) is 2.57. The van der Waals surface area contributed by atoms with Crippen LogP contribution in [0.15, 0.2) is 98.1 Å². The van der Waals surface area contributed by atoms with Crippen LogP contribution in [0.1, 0.15) is 10.4 Å². The van der Waals surface area contributed by atoms with E-state index in [2.05, 4.69) is 31.4 Å². The highest BCUT2D eigenvalue weighted by atomic mass is 32.1. The minimum atomic E-state index is -0.560. The van der Waals surface area contributed by atoms with Gasteiger partial charge in [-0.1, -0.05) is 31.4 Å². The van der Waals surface area contributed by atoms with E-state index in [1.54, 1.807) is 23.5 Å². The fourth-order valence-corrected chi connectivity index (χ4v) is 4.68. The molecule has 0 aliphatic carbocycles. The van der Waals surface area contributed by atoms with Gasteiger partial charge in [-0.15, -0.1) is 11.3 Å². The van der Waals surface area contributed by atoms with E-state index in [-0.39, 0.29) is 26.4 Å². The Kier molecular flexibility index (Phi) is 9.26. The molecule has 0 atom stereocenters. The van der Waals surface area contributed by atoms with Crippen LogP contribution >= 0.6 is 11.3 Å². The van der Waals surface area contributed by atoms with Crippen molar-refractivity contribution in [1.29, 1.82) is 0 Å². The van der Waals surface area contributed by atoms with E-state index in [1.807, 2.05) is 42.5 Å². The second-order valence-corrected chi connectivity index (χ2v) is 9.28. The molecule has 1 heterocycles. The van der Waals surface area contributed by atoms with Crippen LogP contribution in [-0.4, -0.2) is 44.3 Å². The van der Waals surface area contributed by atoms with Gasteiger partial charge in [-0.2, -0.15) is 0 Å². The molecule has 3 aromatic carbocycles. The molecule has 39 heavy (non-hydrogen) atoms. The van der Waals surface area contributed by atoms with Crippen LogP contribution in [0.25, 0.3) is 31.7 Å². The number of carbonyl (C=O) groups is 3. The van der Waals surface area contributed by atoms with Gasteiger partial charge in [0.1, 0.15) is 32.2 Å². The molecule has 0 bridgehead atoms. The molecule has 8 heteroatoms. The molecule has 198 valence electrons. The van der Waals surface area contributed by atoms with Crippen LogP contribution in [0.3, 0.4) is 0 Å². The van der Waals surface area contributed by atoms with Crippen LogP contribution in [0.5, 0.6) is 5.75 Å². The summed E-state index contributed by atoms with van der Waals surface area (Å²) in [6, 6.07) is 23.4. The third-order valence-electron chi connectivity index (χ3n) is 5.60. The molecule has 0 N–H and O–H groups in total. The third-order valence-corrected chi connectivity index (χ3v) is 6.78. The Labute approximate surface area is 229 Å². The van der Waals surface area contributed by atoms with Crippen molar-refractivity contribution >= 4 is 40.0 Å². The molecule has 0 spiro atoms. The Morgan fingerprint density at radius 1 is 0.641 bits per heavy atom. The first-order valence-electron chi connectivity index (χ1n) is 12.1. The highest BCUT2D eigenvalue weighted by Gasteiger charge is 2.11. The molecule has 0 saturated carbocycles. The van der Waals surface area contributed by atoms with E-state index < -0.39 is 17.9 Å². The summed E-state index contributed by atoms with van der Waals surface area (Å²) in [6.45, 7) is 7.04. The average Bonchev–Trinajstić information content (AvgIpc) is 3.47. The monoisotopic (exact) mass is 542 g/mol. The van der Waals surface area contributed by atoms with Crippen LogP contribution in [0, 0.1) is 0 Å². The van der Waals surface area contributed by atoms with Gasteiger partial charge in [0.05, 0.1) is 5.56 Å². The zero-order valence-electron chi connectivity index (χ0n) is 21.1. The smallest absolute Gasteiger partial charge is 0.338 e. The Bertz CT molecular complexity index is 1500. The van der Waals surface area contributed by atoms with Crippen molar-refractivity contribution in [2.75, 3.05) is 26.4 Å². The first-order chi connectivity index (χ1) is 19.0. The zero-order valence-corrected chi connectivity index (χ0v) is 21.9. The number of esters is 3. The van der Waals surface area contributed by atoms with E-state index in [0.717, 1.165) is 43.8 Å². The van der Waals surface area contributed by atoms with Crippen LogP contribution in [0.4, 0.5) is 0 Å². The summed E-state index contributed by atoms with van der Waals surface area (Å²) in [6.07, 6.45) is 2.18. The molecule has 0 aliphatic rings. The minimum absolute atomic E-state index is 0.0245. The van der Waals surface area contributed by atoms with Crippen molar-refractivity contribution < 1.29 is 33.3 Å². The lowest BCUT2D eigenvalue weighted by molar-refractivity contribution is -0.139. The van der Waals surface area contributed by atoms with Crippen molar-refractivity contribution in [2.45, 2.75) is 0 Å². The summed E-state index contributed by atoms with van der Waals surface area (Å²) < 4.78 is 20.5. The van der Waals surface area contributed by atoms with Gasteiger partial charge < -0.3 is 18.9 Å². The maximum absolute atomic E-state index is 12.3. The molecule has 4 rings (SSSR count). The van der Waals surface area contributed by atoms with Crippen molar-refractivity contribution in [1.82, 2.24) is 0 Å². The van der Waals surface area contributed by atoms with Gasteiger partial charge in [0.2, 0.25) is 0 Å². The lowest BCUT2D eigenvalue weighted by Gasteiger charge is -2.07. The lowest BCUT2D eigenvalue weighted by atomic mass is 10.0. The van der Waals surface area contributed by atoms with Gasteiger partial charge in [-0.3, -0.25) is 0 Å². The second-order valence-electron chi connectivity index (χ2n) is 8.19. The number of benzene rings is 3. The quantitative estimate of drug-likeness (QED) is 0.0908. The van der Waals surface area contributed by atoms with Crippen molar-refractivity contribution in [3.63, 3.8) is 0 Å². The Morgan fingerprint density at radius 3 is 1.90 bits per heavy atom. The van der Waals surface area contributed by atoms with Gasteiger partial charge >= 0.3 is 17.9 Å². The first kappa shape index (κ1) is 27.3. The molecule has 7 nitrogen and oxygen atoms in total. The maximum Gasteiger partial charge on any atom is 0.338 e. The molecule has 0 radical (unpaired) electrons. The summed E-state index contributed by atoms with van der Waals surface area (Å²) in [5.74, 6) is -0.818. The maximum atomic E-state index is 12.3. The molecule has 0 aliphatic heterocycles. The first-order valence-corrected chi connectivity index (χ1v) is 12.9. The largest absolute Gasteiger partial charge is 0.490 e. The van der Waals surface area contributed by atoms with Crippen molar-refractivity contribution in [3.8, 4) is 26.6 Å². The molecule has 1 aromatic heterocycles. The van der Waals surface area contributed by atoms with E-state index in [4.69, 9.17) is 18.9 Å².